The van der Waals surface area contributed by atoms with E-state index >= 15 is 0 Å². The molecule has 0 bridgehead atoms. The summed E-state index contributed by atoms with van der Waals surface area (Å²) in [6.45, 7) is 4.59. The van der Waals surface area contributed by atoms with Gasteiger partial charge in [-0.1, -0.05) is 18.3 Å². The van der Waals surface area contributed by atoms with Crippen molar-refractivity contribution in [2.24, 2.45) is 4.99 Å². The molecule has 4 rings (SSSR count). The van der Waals surface area contributed by atoms with Crippen LogP contribution in [0.4, 0.5) is 20.2 Å². The average Bonchev–Trinajstić information content (AvgIpc) is 3.07. The van der Waals surface area contributed by atoms with E-state index in [9.17, 15) is 13.6 Å². The SMILES string of the molecule is C=C1Sc2cc(F)c(N3C(=O)C=C(F)N4CCN=C43)cc2N1C. The molecule has 0 aliphatic carbocycles. The molecule has 8 heteroatoms. The van der Waals surface area contributed by atoms with Crippen LogP contribution >= 0.6 is 11.8 Å². The van der Waals surface area contributed by atoms with Gasteiger partial charge in [0.25, 0.3) is 5.91 Å². The predicted octanol–water partition coefficient (Wildman–Crippen LogP) is 2.67. The van der Waals surface area contributed by atoms with Crippen LogP contribution in [-0.4, -0.2) is 36.9 Å². The quantitative estimate of drug-likeness (QED) is 0.740. The lowest BCUT2D eigenvalue weighted by atomic mass is 10.2. The lowest BCUT2D eigenvalue weighted by Gasteiger charge is -2.31. The van der Waals surface area contributed by atoms with Crippen LogP contribution in [0, 0.1) is 5.82 Å². The van der Waals surface area contributed by atoms with Gasteiger partial charge in [0.2, 0.25) is 11.9 Å². The van der Waals surface area contributed by atoms with Crippen LogP contribution in [0.2, 0.25) is 0 Å². The van der Waals surface area contributed by atoms with Crippen LogP contribution in [0.1, 0.15) is 0 Å². The summed E-state index contributed by atoms with van der Waals surface area (Å²) >= 11 is 1.36. The van der Waals surface area contributed by atoms with Crippen LogP contribution < -0.4 is 9.80 Å². The molecule has 118 valence electrons. The number of thioether (sulfide) groups is 1. The Kier molecular flexibility index (Phi) is 2.99. The highest BCUT2D eigenvalue weighted by Gasteiger charge is 2.37. The average molecular weight is 334 g/mol. The molecule has 0 spiro atoms. The number of halogens is 2. The summed E-state index contributed by atoms with van der Waals surface area (Å²) < 4.78 is 28.4. The second-order valence-corrected chi connectivity index (χ2v) is 6.42. The summed E-state index contributed by atoms with van der Waals surface area (Å²) in [6, 6.07) is 2.94. The maximum Gasteiger partial charge on any atom is 0.262 e. The fraction of sp³-hybridized carbons (Fsp3) is 0.200. The fourth-order valence-electron chi connectivity index (χ4n) is 2.78. The first kappa shape index (κ1) is 14.3. The first-order chi connectivity index (χ1) is 11.0. The minimum absolute atomic E-state index is 0.0605. The Balaban J connectivity index is 1.85. The fourth-order valence-corrected chi connectivity index (χ4v) is 3.73. The second-order valence-electron chi connectivity index (χ2n) is 5.30. The van der Waals surface area contributed by atoms with Gasteiger partial charge in [-0.25, -0.2) is 9.29 Å². The van der Waals surface area contributed by atoms with Crippen molar-refractivity contribution < 1.29 is 13.6 Å². The monoisotopic (exact) mass is 334 g/mol. The van der Waals surface area contributed by atoms with Crippen molar-refractivity contribution in [1.29, 1.82) is 0 Å². The minimum atomic E-state index is -0.662. The van der Waals surface area contributed by atoms with E-state index in [-0.39, 0.29) is 11.6 Å². The summed E-state index contributed by atoms with van der Waals surface area (Å²) in [6.07, 6.45) is 0.856. The van der Waals surface area contributed by atoms with E-state index in [0.717, 1.165) is 26.6 Å². The molecule has 0 saturated heterocycles. The van der Waals surface area contributed by atoms with Crippen LogP contribution in [0.25, 0.3) is 0 Å². The first-order valence-electron chi connectivity index (χ1n) is 6.94. The molecule has 3 heterocycles. The molecule has 1 amide bonds. The standard InChI is InChI=1S/C15H12F2N4OS/c1-8-19(2)11-6-10(9(16)5-12(11)23-8)21-14(22)7-13(17)20-4-3-18-15(20)21/h5-7H,1,3-4H2,2H3. The number of benzene rings is 1. The Hall–Kier alpha value is -2.35. The zero-order chi connectivity index (χ0) is 16.3. The van der Waals surface area contributed by atoms with Gasteiger partial charge in [-0.2, -0.15) is 4.39 Å². The second kappa shape index (κ2) is 4.82. The molecular weight excluding hydrogens is 322 g/mol. The Morgan fingerprint density at radius 1 is 1.30 bits per heavy atom. The van der Waals surface area contributed by atoms with Crippen molar-refractivity contribution in [3.8, 4) is 0 Å². The molecule has 3 aliphatic rings. The van der Waals surface area contributed by atoms with Gasteiger partial charge >= 0.3 is 0 Å². The highest BCUT2D eigenvalue weighted by Crippen LogP contribution is 2.47. The van der Waals surface area contributed by atoms with E-state index in [0.29, 0.717) is 13.1 Å². The molecule has 0 radical (unpaired) electrons. The predicted molar refractivity (Wildman–Crippen MR) is 85.5 cm³/mol. The van der Waals surface area contributed by atoms with E-state index in [1.54, 1.807) is 6.07 Å². The van der Waals surface area contributed by atoms with Gasteiger partial charge in [0.1, 0.15) is 5.82 Å². The maximum absolute atomic E-state index is 14.6. The van der Waals surface area contributed by atoms with E-state index < -0.39 is 17.7 Å². The van der Waals surface area contributed by atoms with Gasteiger partial charge in [-0.15, -0.1) is 0 Å². The highest BCUT2D eigenvalue weighted by molar-refractivity contribution is 8.03. The molecule has 0 N–H and O–H groups in total. The van der Waals surface area contributed by atoms with Crippen LogP contribution in [0.3, 0.4) is 0 Å². The Bertz CT molecular complexity index is 820. The molecule has 0 aromatic heterocycles. The molecule has 0 saturated carbocycles. The first-order valence-corrected chi connectivity index (χ1v) is 7.76. The number of amides is 1. The van der Waals surface area contributed by atoms with E-state index in [1.807, 2.05) is 11.9 Å². The normalized spacial score (nSPS) is 19.9. The number of fused-ring (bicyclic) bond motifs is 2. The van der Waals surface area contributed by atoms with Gasteiger partial charge in [0, 0.05) is 18.5 Å². The molecule has 5 nitrogen and oxygen atoms in total. The van der Waals surface area contributed by atoms with Gasteiger partial charge < -0.3 is 4.90 Å². The Morgan fingerprint density at radius 3 is 2.87 bits per heavy atom. The lowest BCUT2D eigenvalue weighted by molar-refractivity contribution is -0.113. The lowest BCUT2D eigenvalue weighted by Crippen LogP contribution is -2.48. The Labute approximate surface area is 135 Å². The zero-order valence-corrected chi connectivity index (χ0v) is 13.0. The number of aliphatic imine (C=N–C) groups is 1. The van der Waals surface area contributed by atoms with Gasteiger partial charge in [0.15, 0.2) is 0 Å². The molecule has 0 fully saturated rings. The number of guanidine groups is 1. The van der Waals surface area contributed by atoms with E-state index in [4.69, 9.17) is 0 Å². The molecule has 0 atom stereocenters. The number of hydrogen-bond donors (Lipinski definition) is 0. The van der Waals surface area contributed by atoms with Gasteiger partial charge in [-0.3, -0.25) is 14.7 Å². The van der Waals surface area contributed by atoms with Crippen molar-refractivity contribution in [2.75, 3.05) is 29.9 Å². The summed E-state index contributed by atoms with van der Waals surface area (Å²) in [5, 5.41) is 0.771. The smallest absolute Gasteiger partial charge is 0.262 e. The van der Waals surface area contributed by atoms with E-state index in [2.05, 4.69) is 11.6 Å². The third kappa shape index (κ3) is 1.98. The Morgan fingerprint density at radius 2 is 2.09 bits per heavy atom. The number of carbonyl (C=O) groups is 1. The van der Waals surface area contributed by atoms with Crippen molar-refractivity contribution in [1.82, 2.24) is 4.90 Å². The zero-order valence-electron chi connectivity index (χ0n) is 12.2. The number of anilines is 2. The van der Waals surface area contributed by atoms with Crippen molar-refractivity contribution in [3.63, 3.8) is 0 Å². The number of rotatable bonds is 1. The third-order valence-electron chi connectivity index (χ3n) is 3.97. The molecule has 1 aromatic carbocycles. The van der Waals surface area contributed by atoms with Gasteiger partial charge in [-0.05, 0) is 12.1 Å². The maximum atomic E-state index is 14.6. The van der Waals surface area contributed by atoms with E-state index in [1.165, 1.54) is 22.7 Å². The molecular formula is C15H12F2N4OS. The topological polar surface area (TPSA) is 39.2 Å². The van der Waals surface area contributed by atoms with Crippen LogP contribution in [0.15, 0.2) is 45.7 Å². The summed E-state index contributed by atoms with van der Waals surface area (Å²) in [4.78, 5) is 21.3. The summed E-state index contributed by atoms with van der Waals surface area (Å²) in [5.74, 6) is -1.74. The third-order valence-corrected chi connectivity index (χ3v) is 5.03. The molecule has 0 unspecified atom stereocenters. The number of carbonyl (C=O) groups excluding carboxylic acids is 1. The minimum Gasteiger partial charge on any atom is -0.339 e. The van der Waals surface area contributed by atoms with Crippen LogP contribution in [0.5, 0.6) is 0 Å². The van der Waals surface area contributed by atoms with Crippen molar-refractivity contribution in [3.05, 3.63) is 41.6 Å². The van der Waals surface area contributed by atoms with Crippen molar-refractivity contribution >= 4 is 35.0 Å². The molecule has 1 aromatic rings. The largest absolute Gasteiger partial charge is 0.339 e. The summed E-state index contributed by atoms with van der Waals surface area (Å²) in [7, 11) is 1.82. The molecule has 23 heavy (non-hydrogen) atoms. The number of hydrogen-bond acceptors (Lipinski definition) is 5. The van der Waals surface area contributed by atoms with Crippen molar-refractivity contribution in [2.45, 2.75) is 4.90 Å². The summed E-state index contributed by atoms with van der Waals surface area (Å²) in [5.41, 5.74) is 0.815. The number of nitrogens with zero attached hydrogens (tertiary/aromatic N) is 4. The van der Waals surface area contributed by atoms with Gasteiger partial charge in [0.05, 0.1) is 29.0 Å². The van der Waals surface area contributed by atoms with Crippen LogP contribution in [-0.2, 0) is 4.79 Å². The highest BCUT2D eigenvalue weighted by atomic mass is 32.2. The molecule has 3 aliphatic heterocycles.